The van der Waals surface area contributed by atoms with Gasteiger partial charge in [0.1, 0.15) is 5.82 Å². The maximum absolute atomic E-state index is 13.3. The molecule has 1 aliphatic heterocycles. The van der Waals surface area contributed by atoms with Crippen LogP contribution in [0.4, 0.5) is 14.9 Å². The molecule has 3 N–H and O–H groups in total. The number of anilines is 1. The molecule has 0 radical (unpaired) electrons. The van der Waals surface area contributed by atoms with Crippen molar-refractivity contribution in [3.05, 3.63) is 71.2 Å². The minimum absolute atomic E-state index is 0.327. The SMILES string of the molecule is Cc1cc(-c2ccc(C)c(NC(=O)C3C=NC(=O)NC3c3ccc(F)cc3)c2)n[nH]1. The van der Waals surface area contributed by atoms with E-state index in [-0.39, 0.29) is 5.91 Å². The highest BCUT2D eigenvalue weighted by atomic mass is 19.1. The van der Waals surface area contributed by atoms with E-state index in [0.717, 1.165) is 22.5 Å². The Balaban J connectivity index is 1.61. The molecule has 30 heavy (non-hydrogen) atoms. The van der Waals surface area contributed by atoms with Crippen molar-refractivity contribution in [1.29, 1.82) is 0 Å². The number of halogens is 1. The van der Waals surface area contributed by atoms with E-state index in [1.165, 1.54) is 18.3 Å². The first kappa shape index (κ1) is 19.5. The summed E-state index contributed by atoms with van der Waals surface area (Å²) < 4.78 is 13.3. The number of nitrogens with zero attached hydrogens (tertiary/aromatic N) is 2. The van der Waals surface area contributed by atoms with Crippen LogP contribution in [0.25, 0.3) is 11.3 Å². The molecule has 0 spiro atoms. The van der Waals surface area contributed by atoms with Crippen LogP contribution in [0.5, 0.6) is 0 Å². The lowest BCUT2D eigenvalue weighted by atomic mass is 9.91. The minimum atomic E-state index is -0.746. The van der Waals surface area contributed by atoms with Crippen LogP contribution in [-0.2, 0) is 4.79 Å². The van der Waals surface area contributed by atoms with Gasteiger partial charge in [-0.15, -0.1) is 0 Å². The number of benzene rings is 2. The van der Waals surface area contributed by atoms with Crippen molar-refractivity contribution < 1.29 is 14.0 Å². The van der Waals surface area contributed by atoms with Gasteiger partial charge in [0, 0.05) is 23.2 Å². The Hall–Kier alpha value is -3.81. The predicted molar refractivity (Wildman–Crippen MR) is 112 cm³/mol. The number of hydrogen-bond donors (Lipinski definition) is 3. The van der Waals surface area contributed by atoms with Gasteiger partial charge in [-0.2, -0.15) is 5.10 Å². The number of carbonyl (C=O) groups is 2. The van der Waals surface area contributed by atoms with Crippen LogP contribution >= 0.6 is 0 Å². The maximum atomic E-state index is 13.3. The summed E-state index contributed by atoms with van der Waals surface area (Å²) in [6.07, 6.45) is 1.33. The summed E-state index contributed by atoms with van der Waals surface area (Å²) >= 11 is 0. The zero-order valence-corrected chi connectivity index (χ0v) is 16.4. The van der Waals surface area contributed by atoms with Gasteiger partial charge >= 0.3 is 6.03 Å². The lowest BCUT2D eigenvalue weighted by Gasteiger charge is -2.27. The summed E-state index contributed by atoms with van der Waals surface area (Å²) in [4.78, 5) is 28.6. The molecule has 0 saturated heterocycles. The summed E-state index contributed by atoms with van der Waals surface area (Å²) in [5.74, 6) is -1.47. The number of H-pyrrole nitrogens is 1. The predicted octanol–water partition coefficient (Wildman–Crippen LogP) is 3.92. The van der Waals surface area contributed by atoms with E-state index in [4.69, 9.17) is 0 Å². The minimum Gasteiger partial charge on any atom is -0.328 e. The van der Waals surface area contributed by atoms with Crippen LogP contribution in [0, 0.1) is 25.6 Å². The highest BCUT2D eigenvalue weighted by Crippen LogP contribution is 2.28. The second kappa shape index (κ2) is 7.90. The lowest BCUT2D eigenvalue weighted by Crippen LogP contribution is -2.42. The van der Waals surface area contributed by atoms with Crippen LogP contribution in [-0.4, -0.2) is 28.4 Å². The average molecular weight is 405 g/mol. The smallest absolute Gasteiger partial charge is 0.328 e. The van der Waals surface area contributed by atoms with Gasteiger partial charge in [0.2, 0.25) is 5.91 Å². The summed E-state index contributed by atoms with van der Waals surface area (Å²) in [7, 11) is 0. The van der Waals surface area contributed by atoms with Crippen LogP contribution in [0.15, 0.2) is 53.5 Å². The number of urea groups is 1. The Kier molecular flexibility index (Phi) is 5.14. The third-order valence-electron chi connectivity index (χ3n) is 5.02. The van der Waals surface area contributed by atoms with Gasteiger partial charge in [-0.25, -0.2) is 14.2 Å². The number of aromatic amines is 1. The second-order valence-corrected chi connectivity index (χ2v) is 7.24. The Bertz CT molecular complexity index is 1140. The normalized spacial score (nSPS) is 18.2. The fraction of sp³-hybridized carbons (Fsp3) is 0.182. The van der Waals surface area contributed by atoms with E-state index in [1.54, 1.807) is 12.1 Å². The van der Waals surface area contributed by atoms with Gasteiger partial charge in [0.05, 0.1) is 17.7 Å². The van der Waals surface area contributed by atoms with Crippen LogP contribution < -0.4 is 10.6 Å². The molecule has 4 rings (SSSR count). The molecule has 1 aromatic heterocycles. The number of rotatable bonds is 4. The Morgan fingerprint density at radius 1 is 1.10 bits per heavy atom. The van der Waals surface area contributed by atoms with E-state index in [1.807, 2.05) is 38.1 Å². The molecular weight excluding hydrogens is 385 g/mol. The Morgan fingerprint density at radius 2 is 1.87 bits per heavy atom. The van der Waals surface area contributed by atoms with Crippen molar-refractivity contribution in [2.45, 2.75) is 19.9 Å². The zero-order chi connectivity index (χ0) is 21.3. The first-order valence-electron chi connectivity index (χ1n) is 9.45. The monoisotopic (exact) mass is 405 g/mol. The summed E-state index contributed by atoms with van der Waals surface area (Å²) in [6.45, 7) is 3.81. The van der Waals surface area contributed by atoms with Crippen molar-refractivity contribution >= 4 is 23.8 Å². The van der Waals surface area contributed by atoms with Gasteiger partial charge in [-0.1, -0.05) is 24.3 Å². The zero-order valence-electron chi connectivity index (χ0n) is 16.4. The largest absolute Gasteiger partial charge is 0.341 e. The third kappa shape index (κ3) is 3.98. The molecule has 8 heteroatoms. The topological polar surface area (TPSA) is 99.2 Å². The maximum Gasteiger partial charge on any atom is 0.341 e. The van der Waals surface area contributed by atoms with Crippen molar-refractivity contribution in [2.75, 3.05) is 5.32 Å². The number of hydrogen-bond acceptors (Lipinski definition) is 3. The van der Waals surface area contributed by atoms with Crippen LogP contribution in [0.2, 0.25) is 0 Å². The Labute approximate surface area is 172 Å². The molecule has 7 nitrogen and oxygen atoms in total. The molecule has 3 amide bonds. The van der Waals surface area contributed by atoms with E-state index < -0.39 is 23.8 Å². The fourth-order valence-electron chi connectivity index (χ4n) is 3.37. The van der Waals surface area contributed by atoms with Gasteiger partial charge in [-0.05, 0) is 49.2 Å². The van der Waals surface area contributed by atoms with Crippen molar-refractivity contribution in [1.82, 2.24) is 15.5 Å². The van der Waals surface area contributed by atoms with E-state index in [9.17, 15) is 14.0 Å². The number of amides is 3. The van der Waals surface area contributed by atoms with E-state index in [0.29, 0.717) is 11.3 Å². The van der Waals surface area contributed by atoms with Gasteiger partial charge < -0.3 is 10.6 Å². The molecule has 152 valence electrons. The Morgan fingerprint density at radius 3 is 2.57 bits per heavy atom. The molecule has 2 unspecified atom stereocenters. The summed E-state index contributed by atoms with van der Waals surface area (Å²) in [5.41, 5.74) is 4.72. The van der Waals surface area contributed by atoms with Crippen molar-refractivity contribution in [3.63, 3.8) is 0 Å². The average Bonchev–Trinajstić information content (AvgIpc) is 3.16. The number of aryl methyl sites for hydroxylation is 2. The van der Waals surface area contributed by atoms with E-state index in [2.05, 4.69) is 25.8 Å². The molecule has 2 aromatic carbocycles. The van der Waals surface area contributed by atoms with Gasteiger partial charge in [0.25, 0.3) is 0 Å². The first-order valence-corrected chi connectivity index (χ1v) is 9.45. The number of aliphatic imine (C=N–C) groups is 1. The first-order chi connectivity index (χ1) is 14.4. The molecule has 0 fully saturated rings. The van der Waals surface area contributed by atoms with Crippen molar-refractivity contribution in [3.8, 4) is 11.3 Å². The molecule has 2 atom stereocenters. The number of nitrogens with one attached hydrogen (secondary N) is 3. The van der Waals surface area contributed by atoms with Crippen LogP contribution in [0.3, 0.4) is 0 Å². The third-order valence-corrected chi connectivity index (χ3v) is 5.02. The highest BCUT2D eigenvalue weighted by molar-refractivity contribution is 6.06. The molecule has 0 aliphatic carbocycles. The molecule has 1 aliphatic rings. The van der Waals surface area contributed by atoms with Crippen LogP contribution in [0.1, 0.15) is 22.9 Å². The summed E-state index contributed by atoms with van der Waals surface area (Å²) in [6, 6.07) is 12.1. The van der Waals surface area contributed by atoms with E-state index >= 15 is 0 Å². The second-order valence-electron chi connectivity index (χ2n) is 7.24. The van der Waals surface area contributed by atoms with Gasteiger partial charge in [0.15, 0.2) is 0 Å². The molecule has 0 bridgehead atoms. The highest BCUT2D eigenvalue weighted by Gasteiger charge is 2.33. The fourth-order valence-corrected chi connectivity index (χ4v) is 3.37. The lowest BCUT2D eigenvalue weighted by molar-refractivity contribution is -0.118. The van der Waals surface area contributed by atoms with Gasteiger partial charge in [-0.3, -0.25) is 9.89 Å². The quantitative estimate of drug-likeness (QED) is 0.613. The van der Waals surface area contributed by atoms with Crippen molar-refractivity contribution in [2.24, 2.45) is 10.9 Å². The number of carbonyl (C=O) groups excluding carboxylic acids is 2. The molecule has 3 aromatic rings. The molecule has 0 saturated carbocycles. The number of aromatic nitrogens is 2. The summed E-state index contributed by atoms with van der Waals surface area (Å²) in [5, 5.41) is 12.8. The molecule has 2 heterocycles. The standard InChI is InChI=1S/C22H20FN5O2/c1-12-3-4-15(19-9-13(2)27-28-19)10-18(12)25-21(29)17-11-24-22(30)26-20(17)14-5-7-16(23)8-6-14/h3-11,17,20H,1-2H3,(H,25,29)(H,26,30)(H,27,28). The molecular formula is C22H20FN5O2.